The highest BCUT2D eigenvalue weighted by Gasteiger charge is 2.35. The Hall–Kier alpha value is -2.33. The molecule has 1 aliphatic rings. The van der Waals surface area contributed by atoms with Gasteiger partial charge in [-0.2, -0.15) is 0 Å². The second-order valence-corrected chi connectivity index (χ2v) is 5.79. The lowest BCUT2D eigenvalue weighted by atomic mass is 9.94. The van der Waals surface area contributed by atoms with E-state index in [0.29, 0.717) is 13.0 Å². The normalized spacial score (nSPS) is 16.6. The first-order chi connectivity index (χ1) is 11.1. The van der Waals surface area contributed by atoms with Crippen LogP contribution in [-0.4, -0.2) is 22.3 Å². The fourth-order valence-corrected chi connectivity index (χ4v) is 2.92. The van der Waals surface area contributed by atoms with Gasteiger partial charge in [-0.05, 0) is 28.3 Å². The summed E-state index contributed by atoms with van der Waals surface area (Å²) in [4.78, 5) is 25.5. The maximum Gasteiger partial charge on any atom is 0.329 e. The topological polar surface area (TPSA) is 46.6 Å². The lowest BCUT2D eigenvalue weighted by Crippen LogP contribution is -2.47. The van der Waals surface area contributed by atoms with Gasteiger partial charge in [-0.3, -0.25) is 4.79 Å². The minimum absolute atomic E-state index is 0.183. The van der Waals surface area contributed by atoms with Gasteiger partial charge in [0.25, 0.3) is 0 Å². The van der Waals surface area contributed by atoms with Crippen molar-refractivity contribution in [2.24, 2.45) is 0 Å². The summed E-state index contributed by atoms with van der Waals surface area (Å²) in [6.07, 6.45) is 0.419. The van der Waals surface area contributed by atoms with Crippen molar-refractivity contribution >= 4 is 22.9 Å². The molecule has 23 heavy (non-hydrogen) atoms. The molecule has 4 nitrogen and oxygen atoms in total. The molecule has 0 spiro atoms. The molecule has 0 radical (unpaired) electrons. The van der Waals surface area contributed by atoms with Gasteiger partial charge in [0.05, 0.1) is 0 Å². The number of amides is 1. The molecule has 2 aromatic rings. The number of ether oxygens (including phenoxy) is 1. The number of rotatable bonds is 3. The van der Waals surface area contributed by atoms with E-state index in [-0.39, 0.29) is 6.61 Å². The molecule has 0 saturated heterocycles. The Morgan fingerprint density at radius 1 is 1.04 bits per heavy atom. The highest BCUT2D eigenvalue weighted by Crippen LogP contribution is 2.25. The van der Waals surface area contributed by atoms with Crippen molar-refractivity contribution in [3.8, 4) is 0 Å². The average molecular weight is 330 g/mol. The van der Waals surface area contributed by atoms with Gasteiger partial charge >= 0.3 is 11.3 Å². The monoisotopic (exact) mass is 329 g/mol. The summed E-state index contributed by atoms with van der Waals surface area (Å²) in [5, 5.41) is -0.638. The predicted molar refractivity (Wildman–Crippen MR) is 87.0 cm³/mol. The largest absolute Gasteiger partial charge is 0.459 e. The van der Waals surface area contributed by atoms with Gasteiger partial charge in [-0.1, -0.05) is 54.6 Å². The smallest absolute Gasteiger partial charge is 0.329 e. The predicted octanol–water partition coefficient (Wildman–Crippen LogP) is 3.52. The number of fused-ring (bicyclic) bond motifs is 1. The van der Waals surface area contributed by atoms with E-state index in [4.69, 9.17) is 16.3 Å². The molecule has 1 heterocycles. The van der Waals surface area contributed by atoms with Crippen molar-refractivity contribution in [3.63, 3.8) is 0 Å². The Morgan fingerprint density at radius 2 is 1.70 bits per heavy atom. The van der Waals surface area contributed by atoms with Crippen molar-refractivity contribution < 1.29 is 14.3 Å². The van der Waals surface area contributed by atoms with Crippen LogP contribution >= 0.6 is 11.6 Å². The van der Waals surface area contributed by atoms with Gasteiger partial charge in [0.1, 0.15) is 12.6 Å². The number of hydrogen-bond donors (Lipinski definition) is 0. The standard InChI is InChI=1S/C18H16ClNO3/c19-18(22)20-11-15-9-5-4-8-14(15)10-16(20)17(21)23-12-13-6-2-1-3-7-13/h1-9,16H,10-12H2/t16-/m0/s1. The Labute approximate surface area is 139 Å². The second-order valence-electron chi connectivity index (χ2n) is 5.46. The quantitative estimate of drug-likeness (QED) is 0.492. The van der Waals surface area contributed by atoms with Crippen molar-refractivity contribution in [3.05, 3.63) is 71.3 Å². The maximum atomic E-state index is 12.4. The maximum absolute atomic E-state index is 12.4. The Balaban J connectivity index is 1.74. The lowest BCUT2D eigenvalue weighted by Gasteiger charge is -2.33. The number of carbonyl (C=O) groups excluding carboxylic acids is 2. The fourth-order valence-electron chi connectivity index (χ4n) is 2.74. The molecule has 0 bridgehead atoms. The summed E-state index contributed by atoms with van der Waals surface area (Å²) < 4.78 is 5.37. The summed E-state index contributed by atoms with van der Waals surface area (Å²) >= 11 is 5.66. The Kier molecular flexibility index (Phi) is 4.63. The van der Waals surface area contributed by atoms with Crippen LogP contribution in [0.4, 0.5) is 4.79 Å². The number of benzene rings is 2. The van der Waals surface area contributed by atoms with Crippen LogP contribution < -0.4 is 0 Å². The third-order valence-corrected chi connectivity index (χ3v) is 4.19. The lowest BCUT2D eigenvalue weighted by molar-refractivity contribution is -0.150. The summed E-state index contributed by atoms with van der Waals surface area (Å²) in [5.74, 6) is -0.433. The van der Waals surface area contributed by atoms with E-state index in [0.717, 1.165) is 16.7 Å². The van der Waals surface area contributed by atoms with E-state index in [1.165, 1.54) is 4.90 Å². The summed E-state index contributed by atoms with van der Waals surface area (Å²) in [7, 11) is 0. The van der Waals surface area contributed by atoms with Crippen LogP contribution in [0.5, 0.6) is 0 Å². The van der Waals surface area contributed by atoms with Gasteiger partial charge in [-0.25, -0.2) is 4.79 Å². The van der Waals surface area contributed by atoms with Gasteiger partial charge in [0.2, 0.25) is 0 Å². The van der Waals surface area contributed by atoms with E-state index in [1.807, 2.05) is 54.6 Å². The second kappa shape index (κ2) is 6.84. The van der Waals surface area contributed by atoms with Crippen LogP contribution in [-0.2, 0) is 29.1 Å². The molecule has 1 aliphatic heterocycles. The van der Waals surface area contributed by atoms with E-state index < -0.39 is 17.4 Å². The summed E-state index contributed by atoms with van der Waals surface area (Å²) in [6.45, 7) is 0.506. The SMILES string of the molecule is O=C(OCc1ccccc1)[C@@H]1Cc2ccccc2CN1C(=O)Cl. The molecular formula is C18H16ClNO3. The van der Waals surface area contributed by atoms with Crippen molar-refractivity contribution in [1.29, 1.82) is 0 Å². The van der Waals surface area contributed by atoms with Gasteiger partial charge in [0, 0.05) is 13.0 Å². The fraction of sp³-hybridized carbons (Fsp3) is 0.222. The van der Waals surface area contributed by atoms with Crippen LogP contribution in [0.3, 0.4) is 0 Å². The summed E-state index contributed by atoms with van der Waals surface area (Å²) in [6, 6.07) is 16.5. The molecule has 3 rings (SSSR count). The van der Waals surface area contributed by atoms with E-state index in [1.54, 1.807) is 0 Å². The van der Waals surface area contributed by atoms with E-state index >= 15 is 0 Å². The molecule has 1 atom stereocenters. The highest BCUT2D eigenvalue weighted by atomic mass is 35.5. The Bertz CT molecular complexity index is 717. The van der Waals surface area contributed by atoms with Crippen molar-refractivity contribution in [2.75, 3.05) is 0 Å². The average Bonchev–Trinajstić information content (AvgIpc) is 2.59. The molecule has 0 aromatic heterocycles. The molecule has 0 saturated carbocycles. The van der Waals surface area contributed by atoms with Gasteiger partial charge in [0.15, 0.2) is 0 Å². The number of esters is 1. The van der Waals surface area contributed by atoms with Crippen LogP contribution in [0.2, 0.25) is 0 Å². The molecule has 5 heteroatoms. The molecule has 0 unspecified atom stereocenters. The zero-order valence-corrected chi connectivity index (χ0v) is 13.2. The third-order valence-electron chi connectivity index (χ3n) is 3.97. The first kappa shape index (κ1) is 15.6. The third kappa shape index (κ3) is 3.54. The summed E-state index contributed by atoms with van der Waals surface area (Å²) in [5.41, 5.74) is 2.96. The number of halogens is 1. The van der Waals surface area contributed by atoms with Gasteiger partial charge < -0.3 is 9.64 Å². The molecule has 1 amide bonds. The molecular weight excluding hydrogens is 314 g/mol. The van der Waals surface area contributed by atoms with E-state index in [2.05, 4.69) is 0 Å². The van der Waals surface area contributed by atoms with Gasteiger partial charge in [-0.15, -0.1) is 0 Å². The molecule has 118 valence electrons. The highest BCUT2D eigenvalue weighted by molar-refractivity contribution is 6.63. The minimum Gasteiger partial charge on any atom is -0.459 e. The van der Waals surface area contributed by atoms with Crippen molar-refractivity contribution in [2.45, 2.75) is 25.6 Å². The van der Waals surface area contributed by atoms with Crippen molar-refractivity contribution in [1.82, 2.24) is 4.90 Å². The number of carbonyl (C=O) groups is 2. The zero-order chi connectivity index (χ0) is 16.2. The minimum atomic E-state index is -0.682. The Morgan fingerprint density at radius 3 is 2.39 bits per heavy atom. The number of hydrogen-bond acceptors (Lipinski definition) is 3. The molecule has 0 aliphatic carbocycles. The zero-order valence-electron chi connectivity index (χ0n) is 12.4. The first-order valence-corrected chi connectivity index (χ1v) is 7.76. The van der Waals surface area contributed by atoms with Crippen LogP contribution in [0, 0.1) is 0 Å². The molecule has 0 N–H and O–H groups in total. The molecule has 2 aromatic carbocycles. The van der Waals surface area contributed by atoms with E-state index in [9.17, 15) is 9.59 Å². The first-order valence-electron chi connectivity index (χ1n) is 7.38. The van der Waals surface area contributed by atoms with Crippen LogP contribution in [0.25, 0.3) is 0 Å². The molecule has 0 fully saturated rings. The number of nitrogens with zero attached hydrogens (tertiary/aromatic N) is 1. The van der Waals surface area contributed by atoms with Crippen LogP contribution in [0.15, 0.2) is 54.6 Å². The van der Waals surface area contributed by atoms with Crippen LogP contribution in [0.1, 0.15) is 16.7 Å².